The summed E-state index contributed by atoms with van der Waals surface area (Å²) < 4.78 is 0. The molecule has 0 aliphatic heterocycles. The molecule has 0 spiro atoms. The molecule has 2 rings (SSSR count). The first-order valence-electron chi connectivity index (χ1n) is 5.32. The Morgan fingerprint density at radius 2 is 1.80 bits per heavy atom. The molecule has 1 nitrogen and oxygen atoms in total. The van der Waals surface area contributed by atoms with Crippen molar-refractivity contribution in [1.29, 1.82) is 0 Å². The summed E-state index contributed by atoms with van der Waals surface area (Å²) in [4.78, 5) is 0. The SMILES string of the molecule is Cc1c(O)cc2ccccc2c1C(C)C. The van der Waals surface area contributed by atoms with Crippen LogP contribution >= 0.6 is 0 Å². The summed E-state index contributed by atoms with van der Waals surface area (Å²) in [6, 6.07) is 10.1. The fourth-order valence-corrected chi connectivity index (χ4v) is 2.21. The van der Waals surface area contributed by atoms with Gasteiger partial charge in [0.25, 0.3) is 0 Å². The molecule has 0 fully saturated rings. The topological polar surface area (TPSA) is 20.2 Å². The van der Waals surface area contributed by atoms with Gasteiger partial charge < -0.3 is 5.11 Å². The van der Waals surface area contributed by atoms with Crippen LogP contribution in [0.4, 0.5) is 0 Å². The lowest BCUT2D eigenvalue weighted by Gasteiger charge is -2.15. The molecule has 0 aliphatic rings. The minimum Gasteiger partial charge on any atom is -0.508 e. The highest BCUT2D eigenvalue weighted by Gasteiger charge is 2.11. The summed E-state index contributed by atoms with van der Waals surface area (Å²) >= 11 is 0. The minimum absolute atomic E-state index is 0.400. The first-order chi connectivity index (χ1) is 7.11. The fourth-order valence-electron chi connectivity index (χ4n) is 2.21. The van der Waals surface area contributed by atoms with E-state index in [0.29, 0.717) is 11.7 Å². The van der Waals surface area contributed by atoms with Gasteiger partial charge in [-0.25, -0.2) is 0 Å². The van der Waals surface area contributed by atoms with Crippen LogP contribution in [-0.2, 0) is 0 Å². The highest BCUT2D eigenvalue weighted by molar-refractivity contribution is 5.89. The van der Waals surface area contributed by atoms with E-state index in [1.54, 1.807) is 0 Å². The zero-order chi connectivity index (χ0) is 11.0. The Hall–Kier alpha value is -1.50. The third-order valence-electron chi connectivity index (χ3n) is 2.91. The molecule has 0 aliphatic carbocycles. The molecule has 0 atom stereocenters. The third-order valence-corrected chi connectivity index (χ3v) is 2.91. The smallest absolute Gasteiger partial charge is 0.119 e. The zero-order valence-corrected chi connectivity index (χ0v) is 9.41. The molecule has 0 radical (unpaired) electrons. The van der Waals surface area contributed by atoms with E-state index in [4.69, 9.17) is 0 Å². The van der Waals surface area contributed by atoms with E-state index < -0.39 is 0 Å². The van der Waals surface area contributed by atoms with Gasteiger partial charge in [-0.05, 0) is 40.8 Å². The van der Waals surface area contributed by atoms with Gasteiger partial charge in [0.05, 0.1) is 0 Å². The summed E-state index contributed by atoms with van der Waals surface area (Å²) in [5.74, 6) is 0.833. The summed E-state index contributed by atoms with van der Waals surface area (Å²) in [5.41, 5.74) is 2.26. The van der Waals surface area contributed by atoms with Crippen LogP contribution in [-0.4, -0.2) is 5.11 Å². The molecule has 0 bridgehead atoms. The van der Waals surface area contributed by atoms with Crippen molar-refractivity contribution in [3.8, 4) is 5.75 Å². The van der Waals surface area contributed by atoms with E-state index in [-0.39, 0.29) is 0 Å². The predicted octanol–water partition coefficient (Wildman–Crippen LogP) is 3.98. The lowest BCUT2D eigenvalue weighted by Crippen LogP contribution is -1.94. The molecule has 1 N–H and O–H groups in total. The maximum atomic E-state index is 9.85. The van der Waals surface area contributed by atoms with Crippen LogP contribution in [0.1, 0.15) is 30.9 Å². The van der Waals surface area contributed by atoms with Gasteiger partial charge in [-0.1, -0.05) is 38.1 Å². The van der Waals surface area contributed by atoms with Crippen LogP contribution in [0.3, 0.4) is 0 Å². The quantitative estimate of drug-likeness (QED) is 0.738. The lowest BCUT2D eigenvalue weighted by atomic mass is 9.91. The molecule has 15 heavy (non-hydrogen) atoms. The largest absolute Gasteiger partial charge is 0.508 e. The molecular weight excluding hydrogens is 184 g/mol. The van der Waals surface area contributed by atoms with Crippen molar-refractivity contribution in [3.63, 3.8) is 0 Å². The van der Waals surface area contributed by atoms with Crippen LogP contribution < -0.4 is 0 Å². The molecule has 1 heteroatoms. The minimum atomic E-state index is 0.400. The molecule has 78 valence electrons. The predicted molar refractivity (Wildman–Crippen MR) is 64.4 cm³/mol. The van der Waals surface area contributed by atoms with Crippen molar-refractivity contribution in [2.45, 2.75) is 26.7 Å². The van der Waals surface area contributed by atoms with Gasteiger partial charge in [-0.2, -0.15) is 0 Å². The highest BCUT2D eigenvalue weighted by atomic mass is 16.3. The van der Waals surface area contributed by atoms with E-state index in [1.807, 2.05) is 31.2 Å². The molecule has 2 aromatic carbocycles. The van der Waals surface area contributed by atoms with Gasteiger partial charge in [0.2, 0.25) is 0 Å². The van der Waals surface area contributed by atoms with E-state index in [2.05, 4.69) is 19.9 Å². The van der Waals surface area contributed by atoms with E-state index in [0.717, 1.165) is 10.9 Å². The van der Waals surface area contributed by atoms with Gasteiger partial charge in [-0.3, -0.25) is 0 Å². The Morgan fingerprint density at radius 1 is 1.13 bits per heavy atom. The number of benzene rings is 2. The average molecular weight is 200 g/mol. The Bertz CT molecular complexity index is 498. The van der Waals surface area contributed by atoms with Crippen LogP contribution in [0.2, 0.25) is 0 Å². The van der Waals surface area contributed by atoms with Crippen LogP contribution in [0.15, 0.2) is 30.3 Å². The molecule has 0 unspecified atom stereocenters. The van der Waals surface area contributed by atoms with E-state index in [1.165, 1.54) is 10.9 Å². The van der Waals surface area contributed by atoms with Gasteiger partial charge in [0, 0.05) is 0 Å². The average Bonchev–Trinajstić information content (AvgIpc) is 2.19. The molecule has 0 saturated heterocycles. The standard InChI is InChI=1S/C14H16O/c1-9(2)14-10(3)13(15)8-11-6-4-5-7-12(11)14/h4-9,15H,1-3H3. The molecular formula is C14H16O. The number of hydrogen-bond acceptors (Lipinski definition) is 1. The summed E-state index contributed by atoms with van der Waals surface area (Å²) in [6.45, 7) is 6.31. The van der Waals surface area contributed by atoms with Crippen molar-refractivity contribution >= 4 is 10.8 Å². The number of rotatable bonds is 1. The normalized spacial score (nSPS) is 11.2. The van der Waals surface area contributed by atoms with Crippen LogP contribution in [0.25, 0.3) is 10.8 Å². The first-order valence-corrected chi connectivity index (χ1v) is 5.32. The summed E-state index contributed by atoms with van der Waals surface area (Å²) in [6.07, 6.45) is 0. The molecule has 0 heterocycles. The number of fused-ring (bicyclic) bond motifs is 1. The highest BCUT2D eigenvalue weighted by Crippen LogP contribution is 2.34. The van der Waals surface area contributed by atoms with E-state index in [9.17, 15) is 5.11 Å². The summed E-state index contributed by atoms with van der Waals surface area (Å²) in [5, 5.41) is 12.2. The van der Waals surface area contributed by atoms with Gasteiger partial charge in [-0.15, -0.1) is 0 Å². The Balaban J connectivity index is 2.89. The van der Waals surface area contributed by atoms with Gasteiger partial charge >= 0.3 is 0 Å². The monoisotopic (exact) mass is 200 g/mol. The number of hydrogen-bond donors (Lipinski definition) is 1. The van der Waals surface area contributed by atoms with Gasteiger partial charge in [0.1, 0.15) is 5.75 Å². The lowest BCUT2D eigenvalue weighted by molar-refractivity contribution is 0.470. The second-order valence-corrected chi connectivity index (χ2v) is 4.31. The molecule has 0 saturated carbocycles. The molecule has 0 aromatic heterocycles. The molecule has 2 aromatic rings. The Labute approximate surface area is 90.4 Å². The summed E-state index contributed by atoms with van der Waals surface area (Å²) in [7, 11) is 0. The maximum Gasteiger partial charge on any atom is 0.119 e. The van der Waals surface area contributed by atoms with Crippen molar-refractivity contribution in [3.05, 3.63) is 41.5 Å². The van der Waals surface area contributed by atoms with Crippen molar-refractivity contribution < 1.29 is 5.11 Å². The number of phenols is 1. The van der Waals surface area contributed by atoms with E-state index >= 15 is 0 Å². The second kappa shape index (κ2) is 3.58. The third kappa shape index (κ3) is 1.58. The van der Waals surface area contributed by atoms with Gasteiger partial charge in [0.15, 0.2) is 0 Å². The van der Waals surface area contributed by atoms with Crippen molar-refractivity contribution in [2.24, 2.45) is 0 Å². The van der Waals surface area contributed by atoms with Crippen molar-refractivity contribution in [1.82, 2.24) is 0 Å². The van der Waals surface area contributed by atoms with Crippen LogP contribution in [0.5, 0.6) is 5.75 Å². The first kappa shape index (κ1) is 10.0. The molecule has 0 amide bonds. The second-order valence-electron chi connectivity index (χ2n) is 4.31. The Kier molecular flexibility index (Phi) is 2.39. The zero-order valence-electron chi connectivity index (χ0n) is 9.41. The fraction of sp³-hybridized carbons (Fsp3) is 0.286. The maximum absolute atomic E-state index is 9.85. The Morgan fingerprint density at radius 3 is 2.47 bits per heavy atom. The number of phenolic OH excluding ortho intramolecular Hbond substituents is 1. The number of aromatic hydroxyl groups is 1. The van der Waals surface area contributed by atoms with Crippen LogP contribution in [0, 0.1) is 6.92 Å². The van der Waals surface area contributed by atoms with Crippen molar-refractivity contribution in [2.75, 3.05) is 0 Å².